The van der Waals surface area contributed by atoms with Crippen LogP contribution in [0, 0.1) is 0 Å². The zero-order valence-corrected chi connectivity index (χ0v) is 17.8. The number of hydrogen-bond acceptors (Lipinski definition) is 15. The largest absolute Gasteiger partial charge is 0.479 e. The molecular formula is C18H24O18. The molecule has 0 spiro atoms. The Kier molecular flexibility index (Phi) is 8.48. The normalized spacial score (nSPS) is 45.3. The average molecular weight is 528 g/mol. The summed E-state index contributed by atoms with van der Waals surface area (Å²) in [6.07, 6.45) is -26.7. The highest BCUT2D eigenvalue weighted by molar-refractivity contribution is 5.84. The van der Waals surface area contributed by atoms with Gasteiger partial charge in [0.1, 0.15) is 48.8 Å². The second-order valence-electron chi connectivity index (χ2n) is 8.02. The van der Waals surface area contributed by atoms with Crippen LogP contribution in [0.4, 0.5) is 0 Å². The minimum Gasteiger partial charge on any atom is -0.479 e. The highest BCUT2D eigenvalue weighted by Gasteiger charge is 2.55. The number of carboxylic acid groups (broad SMARTS) is 3. The van der Waals surface area contributed by atoms with Gasteiger partial charge in [-0.1, -0.05) is 0 Å². The molecule has 0 aromatic rings. The van der Waals surface area contributed by atoms with Crippen LogP contribution in [0.2, 0.25) is 0 Å². The van der Waals surface area contributed by atoms with E-state index in [4.69, 9.17) is 24.1 Å². The van der Waals surface area contributed by atoms with Crippen molar-refractivity contribution in [2.45, 2.75) is 79.9 Å². The molecule has 2 saturated heterocycles. The van der Waals surface area contributed by atoms with Crippen LogP contribution in [-0.4, -0.2) is 149 Å². The Morgan fingerprint density at radius 1 is 0.667 bits per heavy atom. The molecule has 36 heavy (non-hydrogen) atoms. The summed E-state index contributed by atoms with van der Waals surface area (Å²) in [5, 5.41) is 98.1. The third kappa shape index (κ3) is 5.43. The van der Waals surface area contributed by atoms with Gasteiger partial charge in [0.2, 0.25) is 12.0 Å². The van der Waals surface area contributed by atoms with Crippen molar-refractivity contribution in [1.82, 2.24) is 0 Å². The fourth-order valence-corrected chi connectivity index (χ4v) is 3.69. The molecule has 18 nitrogen and oxygen atoms in total. The molecule has 0 saturated carbocycles. The molecule has 0 aromatic carbocycles. The zero-order chi connectivity index (χ0) is 27.1. The number of ether oxygens (including phenoxy) is 5. The number of rotatable bonds is 7. The summed E-state index contributed by atoms with van der Waals surface area (Å²) in [5.74, 6) is -6.17. The number of carbonyl (C=O) groups is 3. The second-order valence-corrected chi connectivity index (χ2v) is 8.02. The third-order valence-corrected chi connectivity index (χ3v) is 5.58. The number of hydrogen-bond donors (Lipinski definition) is 10. The summed E-state index contributed by atoms with van der Waals surface area (Å²) in [6, 6.07) is 0. The SMILES string of the molecule is O=C(O)C1=C[C@H](O)[C@@H](O)[C@@H](O[C@@H]2[C@H](O)[C@@H](O)[C@@H](O[C@@H]3[C@H](O)[C@@H](O)[C@@H](O)O[C@@H]3C(=O)O)O[C@@H]2C(=O)O)O1. The van der Waals surface area contributed by atoms with Crippen molar-refractivity contribution >= 4 is 17.9 Å². The van der Waals surface area contributed by atoms with E-state index in [1.165, 1.54) is 0 Å². The van der Waals surface area contributed by atoms with Gasteiger partial charge in [-0.2, -0.15) is 0 Å². The molecule has 13 atom stereocenters. The number of aliphatic carboxylic acids is 3. The van der Waals surface area contributed by atoms with Crippen LogP contribution in [0.25, 0.3) is 0 Å². The van der Waals surface area contributed by atoms with E-state index in [0.29, 0.717) is 6.08 Å². The van der Waals surface area contributed by atoms with Crippen LogP contribution in [0.5, 0.6) is 0 Å². The summed E-state index contributed by atoms with van der Waals surface area (Å²) < 4.78 is 24.9. The van der Waals surface area contributed by atoms with Gasteiger partial charge in [-0.15, -0.1) is 0 Å². The second kappa shape index (κ2) is 10.9. The van der Waals surface area contributed by atoms with Gasteiger partial charge in [0.05, 0.1) is 0 Å². The van der Waals surface area contributed by atoms with Gasteiger partial charge >= 0.3 is 17.9 Å². The maximum atomic E-state index is 11.8. The molecule has 3 aliphatic rings. The monoisotopic (exact) mass is 528 g/mol. The Hall–Kier alpha value is -2.49. The molecule has 10 N–H and O–H groups in total. The van der Waals surface area contributed by atoms with Crippen LogP contribution >= 0.6 is 0 Å². The summed E-state index contributed by atoms with van der Waals surface area (Å²) in [5.41, 5.74) is 0. The maximum Gasteiger partial charge on any atom is 0.371 e. The highest BCUT2D eigenvalue weighted by Crippen LogP contribution is 2.32. The van der Waals surface area contributed by atoms with Gasteiger partial charge in [0.25, 0.3) is 0 Å². The Balaban J connectivity index is 1.81. The standard InChI is InChI=1S/C18H24O18/c19-2-1-3(13(25)26)32-17(4(2)20)34-10-6(22)8(24)18(36-12(10)15(29)30)35-9-5(21)7(23)16(31)33-11(9)14(27)28/h1-2,4-12,16-24,31H,(H,25,26)(H,27,28)(H,29,30)/t2-,4+,5+,6+,7+,8+,9+,10+,11-,12-,16-,17+,18-/m0/s1. The molecule has 0 aliphatic carbocycles. The van der Waals surface area contributed by atoms with Gasteiger partial charge in [-0.3, -0.25) is 0 Å². The first-order valence-electron chi connectivity index (χ1n) is 10.2. The van der Waals surface area contributed by atoms with Crippen molar-refractivity contribution in [3.05, 3.63) is 11.8 Å². The topological polar surface area (TPSA) is 300 Å². The maximum absolute atomic E-state index is 11.8. The fourth-order valence-electron chi connectivity index (χ4n) is 3.69. The average Bonchev–Trinajstić information content (AvgIpc) is 2.80. The van der Waals surface area contributed by atoms with Crippen molar-refractivity contribution in [3.63, 3.8) is 0 Å². The lowest BCUT2D eigenvalue weighted by Crippen LogP contribution is -2.66. The van der Waals surface area contributed by atoms with Crippen molar-refractivity contribution in [2.24, 2.45) is 0 Å². The van der Waals surface area contributed by atoms with E-state index in [0.717, 1.165) is 0 Å². The van der Waals surface area contributed by atoms with Crippen LogP contribution in [0.3, 0.4) is 0 Å². The first kappa shape index (κ1) is 28.1. The van der Waals surface area contributed by atoms with Gasteiger partial charge in [-0.25, -0.2) is 14.4 Å². The first-order valence-corrected chi connectivity index (χ1v) is 10.2. The zero-order valence-electron chi connectivity index (χ0n) is 17.8. The van der Waals surface area contributed by atoms with E-state index in [2.05, 4.69) is 4.74 Å². The Morgan fingerprint density at radius 2 is 1.17 bits per heavy atom. The van der Waals surface area contributed by atoms with E-state index in [1.807, 2.05) is 0 Å². The van der Waals surface area contributed by atoms with Crippen molar-refractivity contribution in [3.8, 4) is 0 Å². The van der Waals surface area contributed by atoms with Crippen molar-refractivity contribution in [2.75, 3.05) is 0 Å². The van der Waals surface area contributed by atoms with Crippen molar-refractivity contribution in [1.29, 1.82) is 0 Å². The third-order valence-electron chi connectivity index (χ3n) is 5.58. The van der Waals surface area contributed by atoms with Crippen LogP contribution in [0.15, 0.2) is 11.8 Å². The Labute approximate surface area is 199 Å². The van der Waals surface area contributed by atoms with Crippen molar-refractivity contribution < 1.29 is 89.1 Å². The fraction of sp³-hybridized carbons (Fsp3) is 0.722. The molecule has 0 unspecified atom stereocenters. The Morgan fingerprint density at radius 3 is 1.69 bits per heavy atom. The molecule has 2 fully saturated rings. The van der Waals surface area contributed by atoms with E-state index >= 15 is 0 Å². The minimum absolute atomic E-state index is 0.635. The molecular weight excluding hydrogens is 504 g/mol. The summed E-state index contributed by atoms with van der Waals surface area (Å²) in [7, 11) is 0. The smallest absolute Gasteiger partial charge is 0.371 e. The lowest BCUT2D eigenvalue weighted by Gasteiger charge is -2.45. The number of carboxylic acids is 3. The van der Waals surface area contributed by atoms with E-state index in [-0.39, 0.29) is 0 Å². The first-order chi connectivity index (χ1) is 16.7. The van der Waals surface area contributed by atoms with Gasteiger partial charge < -0.3 is 74.7 Å². The summed E-state index contributed by atoms with van der Waals surface area (Å²) >= 11 is 0. The molecule has 0 aromatic heterocycles. The molecule has 3 rings (SSSR count). The minimum atomic E-state index is -2.24. The van der Waals surface area contributed by atoms with E-state index in [1.54, 1.807) is 0 Å². The van der Waals surface area contributed by atoms with Crippen LogP contribution < -0.4 is 0 Å². The summed E-state index contributed by atoms with van der Waals surface area (Å²) in [6.45, 7) is 0. The molecule has 3 aliphatic heterocycles. The van der Waals surface area contributed by atoms with E-state index in [9.17, 15) is 60.3 Å². The van der Waals surface area contributed by atoms with Crippen LogP contribution in [0.1, 0.15) is 0 Å². The number of aliphatic hydroxyl groups is 7. The van der Waals surface area contributed by atoms with Gasteiger partial charge in [0, 0.05) is 0 Å². The van der Waals surface area contributed by atoms with E-state index < -0.39 is 104 Å². The van der Waals surface area contributed by atoms with Crippen LogP contribution in [-0.2, 0) is 38.1 Å². The number of aliphatic hydroxyl groups excluding tert-OH is 7. The lowest BCUT2D eigenvalue weighted by atomic mass is 9.96. The van der Waals surface area contributed by atoms with Gasteiger partial charge in [0.15, 0.2) is 24.8 Å². The van der Waals surface area contributed by atoms with Gasteiger partial charge in [-0.05, 0) is 6.08 Å². The molecule has 3 heterocycles. The quantitative estimate of drug-likeness (QED) is 0.147. The molecule has 0 amide bonds. The molecule has 0 bridgehead atoms. The molecule has 204 valence electrons. The Bertz CT molecular complexity index is 876. The molecule has 0 radical (unpaired) electrons. The summed E-state index contributed by atoms with van der Waals surface area (Å²) in [4.78, 5) is 34.4. The molecule has 18 heteroatoms. The predicted octanol–water partition coefficient (Wildman–Crippen LogP) is -6.14. The highest BCUT2D eigenvalue weighted by atomic mass is 16.8. The lowest BCUT2D eigenvalue weighted by molar-refractivity contribution is -0.358. The predicted molar refractivity (Wildman–Crippen MR) is 101 cm³/mol.